The fraction of sp³-hybridized carbons (Fsp3) is 0.500. The van der Waals surface area contributed by atoms with E-state index in [1.54, 1.807) is 0 Å². The molecule has 1 atom stereocenters. The molecule has 100 valence electrons. The number of hydrogen-bond acceptors (Lipinski definition) is 1. The first-order valence-electron chi connectivity index (χ1n) is 6.07. The van der Waals surface area contributed by atoms with Crippen LogP contribution in [0.15, 0.2) is 28.7 Å². The van der Waals surface area contributed by atoms with E-state index < -0.39 is 6.09 Å². The van der Waals surface area contributed by atoms with Crippen LogP contribution in [0.25, 0.3) is 0 Å². The van der Waals surface area contributed by atoms with Gasteiger partial charge in [0.05, 0.1) is 0 Å². The van der Waals surface area contributed by atoms with Gasteiger partial charge >= 0.3 is 6.09 Å². The van der Waals surface area contributed by atoms with Crippen molar-refractivity contribution in [2.45, 2.75) is 45.1 Å². The number of rotatable bonds is 5. The second kappa shape index (κ2) is 6.23. The van der Waals surface area contributed by atoms with Crippen LogP contribution in [0.2, 0.25) is 0 Å². The number of amides is 1. The molecule has 2 N–H and O–H groups in total. The lowest BCUT2D eigenvalue weighted by Gasteiger charge is -2.26. The Hall–Kier alpha value is -1.03. The molecule has 0 saturated heterocycles. The van der Waals surface area contributed by atoms with Gasteiger partial charge in [0.15, 0.2) is 0 Å². The van der Waals surface area contributed by atoms with Crippen molar-refractivity contribution in [3.8, 4) is 0 Å². The Bertz CT molecular complexity index is 401. The van der Waals surface area contributed by atoms with Crippen molar-refractivity contribution >= 4 is 22.0 Å². The summed E-state index contributed by atoms with van der Waals surface area (Å²) in [5.74, 6) is 0.424. The summed E-state index contributed by atoms with van der Waals surface area (Å²) in [7, 11) is 0. The van der Waals surface area contributed by atoms with Crippen molar-refractivity contribution in [2.24, 2.45) is 0 Å². The third-order valence-corrected chi connectivity index (χ3v) is 3.62. The van der Waals surface area contributed by atoms with Crippen LogP contribution in [-0.2, 0) is 0 Å². The summed E-state index contributed by atoms with van der Waals surface area (Å²) in [4.78, 5) is 10.7. The van der Waals surface area contributed by atoms with E-state index in [2.05, 4.69) is 40.3 Å². The van der Waals surface area contributed by atoms with Crippen molar-refractivity contribution in [3.05, 3.63) is 34.3 Å². The molecule has 0 aliphatic heterocycles. The molecule has 0 radical (unpaired) electrons. The normalized spacial score (nSPS) is 13.1. The lowest BCUT2D eigenvalue weighted by molar-refractivity contribution is 0.180. The van der Waals surface area contributed by atoms with Gasteiger partial charge in [-0.1, -0.05) is 35.0 Å². The molecule has 0 bridgehead atoms. The molecule has 0 heterocycles. The fourth-order valence-corrected chi connectivity index (χ4v) is 2.15. The molecule has 4 heteroatoms. The smallest absolute Gasteiger partial charge is 0.405 e. The Morgan fingerprint density at radius 2 is 1.94 bits per heavy atom. The van der Waals surface area contributed by atoms with E-state index >= 15 is 0 Å². The molecule has 0 saturated carbocycles. The van der Waals surface area contributed by atoms with E-state index in [4.69, 9.17) is 5.11 Å². The number of carboxylic acid groups (broad SMARTS) is 1. The molecule has 1 rings (SSSR count). The number of halogens is 1. The molecular weight excluding hydrogens is 294 g/mol. The van der Waals surface area contributed by atoms with Crippen LogP contribution < -0.4 is 5.32 Å². The minimum atomic E-state index is -0.962. The molecule has 0 fully saturated rings. The molecule has 0 aliphatic rings. The minimum Gasteiger partial charge on any atom is -0.465 e. The molecule has 18 heavy (non-hydrogen) atoms. The first-order valence-corrected chi connectivity index (χ1v) is 6.86. The average Bonchev–Trinajstić information content (AvgIpc) is 2.25. The van der Waals surface area contributed by atoms with Gasteiger partial charge in [0.1, 0.15) is 0 Å². The summed E-state index contributed by atoms with van der Waals surface area (Å²) in [6.45, 7) is 5.99. The molecule has 0 aromatic heterocycles. The Labute approximate surface area is 117 Å². The van der Waals surface area contributed by atoms with Crippen molar-refractivity contribution in [2.75, 3.05) is 0 Å². The lowest BCUT2D eigenvalue weighted by Crippen LogP contribution is -2.42. The van der Waals surface area contributed by atoms with Gasteiger partial charge in [0.25, 0.3) is 0 Å². The fourth-order valence-electron chi connectivity index (χ4n) is 1.89. The topological polar surface area (TPSA) is 49.3 Å². The van der Waals surface area contributed by atoms with Gasteiger partial charge in [0, 0.05) is 10.0 Å². The molecule has 0 aliphatic carbocycles. The van der Waals surface area contributed by atoms with Crippen LogP contribution in [0.3, 0.4) is 0 Å². The van der Waals surface area contributed by atoms with Crippen LogP contribution >= 0.6 is 15.9 Å². The highest BCUT2D eigenvalue weighted by molar-refractivity contribution is 9.10. The number of nitrogens with one attached hydrogen (secondary N) is 1. The van der Waals surface area contributed by atoms with Crippen LogP contribution in [0.4, 0.5) is 4.79 Å². The van der Waals surface area contributed by atoms with Gasteiger partial charge in [-0.3, -0.25) is 0 Å². The average molecular weight is 314 g/mol. The van der Waals surface area contributed by atoms with E-state index in [0.29, 0.717) is 5.92 Å². The quantitative estimate of drug-likeness (QED) is 0.847. The lowest BCUT2D eigenvalue weighted by atomic mass is 9.89. The summed E-state index contributed by atoms with van der Waals surface area (Å²) >= 11 is 3.42. The number of carbonyl (C=O) groups is 1. The monoisotopic (exact) mass is 313 g/mol. The van der Waals surface area contributed by atoms with Crippen molar-refractivity contribution in [1.82, 2.24) is 5.32 Å². The van der Waals surface area contributed by atoms with Crippen molar-refractivity contribution in [3.63, 3.8) is 0 Å². The number of hydrogen-bond donors (Lipinski definition) is 2. The zero-order chi connectivity index (χ0) is 13.8. The van der Waals surface area contributed by atoms with Gasteiger partial charge in [-0.2, -0.15) is 0 Å². The summed E-state index contributed by atoms with van der Waals surface area (Å²) < 4.78 is 1.08. The van der Waals surface area contributed by atoms with Crippen LogP contribution in [-0.4, -0.2) is 16.7 Å². The molecule has 1 aromatic rings. The molecule has 0 spiro atoms. The van der Waals surface area contributed by atoms with Crippen molar-refractivity contribution < 1.29 is 9.90 Å². The largest absolute Gasteiger partial charge is 0.465 e. The van der Waals surface area contributed by atoms with E-state index in [0.717, 1.165) is 17.3 Å². The third-order valence-electron chi connectivity index (χ3n) is 3.09. The van der Waals surface area contributed by atoms with E-state index in [1.165, 1.54) is 5.56 Å². The zero-order valence-corrected chi connectivity index (χ0v) is 12.6. The van der Waals surface area contributed by atoms with Crippen LogP contribution in [0.5, 0.6) is 0 Å². The van der Waals surface area contributed by atoms with Gasteiger partial charge < -0.3 is 10.4 Å². The summed E-state index contributed by atoms with van der Waals surface area (Å²) in [5, 5.41) is 11.3. The molecule has 1 unspecified atom stereocenters. The Morgan fingerprint density at radius 3 is 2.44 bits per heavy atom. The van der Waals surface area contributed by atoms with Crippen LogP contribution in [0.1, 0.15) is 45.1 Å². The zero-order valence-electron chi connectivity index (χ0n) is 11.0. The van der Waals surface area contributed by atoms with Gasteiger partial charge in [-0.15, -0.1) is 0 Å². The van der Waals surface area contributed by atoms with Crippen LogP contribution in [0, 0.1) is 0 Å². The first kappa shape index (κ1) is 15.0. The summed E-state index contributed by atoms with van der Waals surface area (Å²) in [6, 6.07) is 8.28. The molecule has 3 nitrogen and oxygen atoms in total. The summed E-state index contributed by atoms with van der Waals surface area (Å²) in [6.07, 6.45) is 0.808. The van der Waals surface area contributed by atoms with Gasteiger partial charge in [-0.05, 0) is 50.3 Å². The highest BCUT2D eigenvalue weighted by atomic mass is 79.9. The molecule has 1 amide bonds. The second-order valence-electron chi connectivity index (χ2n) is 5.31. The highest BCUT2D eigenvalue weighted by Crippen LogP contribution is 2.25. The highest BCUT2D eigenvalue weighted by Gasteiger charge is 2.21. The third kappa shape index (κ3) is 5.08. The maximum atomic E-state index is 10.7. The molecular formula is C14H20BrNO2. The molecule has 1 aromatic carbocycles. The Morgan fingerprint density at radius 1 is 1.39 bits per heavy atom. The van der Waals surface area contributed by atoms with Gasteiger partial charge in [-0.25, -0.2) is 4.79 Å². The number of benzene rings is 1. The standard InChI is InChI=1S/C14H20BrNO2/c1-10(11-4-6-12(15)7-5-11)8-9-14(2,3)16-13(17)18/h4-7,10,16H,8-9H2,1-3H3,(H,17,18). The predicted octanol–water partition coefficient (Wildman–Crippen LogP) is 4.38. The summed E-state index contributed by atoms with van der Waals surface area (Å²) in [5.41, 5.74) is 0.902. The Kier molecular flexibility index (Phi) is 5.20. The van der Waals surface area contributed by atoms with E-state index in [1.807, 2.05) is 26.0 Å². The Balaban J connectivity index is 2.52. The maximum absolute atomic E-state index is 10.7. The minimum absolute atomic E-state index is 0.380. The van der Waals surface area contributed by atoms with E-state index in [9.17, 15) is 4.79 Å². The second-order valence-corrected chi connectivity index (χ2v) is 6.22. The maximum Gasteiger partial charge on any atom is 0.405 e. The predicted molar refractivity (Wildman–Crippen MR) is 77.0 cm³/mol. The van der Waals surface area contributed by atoms with Gasteiger partial charge in [0.2, 0.25) is 0 Å². The van der Waals surface area contributed by atoms with Crippen molar-refractivity contribution in [1.29, 1.82) is 0 Å². The van der Waals surface area contributed by atoms with E-state index in [-0.39, 0.29) is 5.54 Å². The SMILES string of the molecule is CC(CCC(C)(C)NC(=O)O)c1ccc(Br)cc1. The first-order chi connectivity index (χ1) is 8.30.